The number of phenolic OH excluding ortho intramolecular Hbond substituents is 1. The Hall–Kier alpha value is -3.53. The molecule has 2 aromatic heterocycles. The summed E-state index contributed by atoms with van der Waals surface area (Å²) in [6.07, 6.45) is 2.11. The van der Waals surface area contributed by atoms with Gasteiger partial charge in [0.25, 0.3) is 0 Å². The van der Waals surface area contributed by atoms with Crippen molar-refractivity contribution in [3.8, 4) is 22.8 Å². The van der Waals surface area contributed by atoms with Gasteiger partial charge in [0.05, 0.1) is 18.0 Å². The molecule has 0 aliphatic carbocycles. The molecule has 0 amide bonds. The first-order valence-corrected chi connectivity index (χ1v) is 9.67. The van der Waals surface area contributed by atoms with Crippen LogP contribution in [0.25, 0.3) is 43.8 Å². The lowest BCUT2D eigenvalue weighted by molar-refractivity contribution is -0.659. The van der Waals surface area contributed by atoms with Crippen molar-refractivity contribution in [3.05, 3.63) is 66.4 Å². The summed E-state index contributed by atoms with van der Waals surface area (Å²) in [6, 6.07) is 18.1. The fourth-order valence-electron chi connectivity index (χ4n) is 4.57. The maximum atomic E-state index is 9.72. The van der Waals surface area contributed by atoms with Crippen LogP contribution in [0, 0.1) is 6.92 Å². The Balaban J connectivity index is 1.96. The minimum atomic E-state index is 0.274. The van der Waals surface area contributed by atoms with Crippen LogP contribution in [0.5, 0.6) is 11.5 Å². The zero-order chi connectivity index (χ0) is 20.3. The van der Waals surface area contributed by atoms with Gasteiger partial charge in [0.2, 0.25) is 5.69 Å². The van der Waals surface area contributed by atoms with Gasteiger partial charge < -0.3 is 14.4 Å². The van der Waals surface area contributed by atoms with Gasteiger partial charge in [-0.1, -0.05) is 0 Å². The first kappa shape index (κ1) is 17.6. The van der Waals surface area contributed by atoms with Gasteiger partial charge in [0.1, 0.15) is 18.5 Å². The van der Waals surface area contributed by atoms with Crippen LogP contribution in [0.2, 0.25) is 0 Å². The number of pyridine rings is 1. The van der Waals surface area contributed by atoms with E-state index in [9.17, 15) is 5.11 Å². The van der Waals surface area contributed by atoms with Crippen molar-refractivity contribution in [2.24, 2.45) is 14.1 Å². The number of hydrogen-bond donors (Lipinski definition) is 1. The number of nitrogens with zero attached hydrogens (tertiary/aromatic N) is 2. The largest absolute Gasteiger partial charge is 0.508 e. The number of fused-ring (bicyclic) bond motifs is 4. The maximum absolute atomic E-state index is 9.72. The van der Waals surface area contributed by atoms with Gasteiger partial charge in [0, 0.05) is 35.0 Å². The Labute approximate surface area is 169 Å². The molecule has 0 aliphatic heterocycles. The standard InChI is InChI=1S/C25H22N2O2/c1-15-19-11-12-26(2)25(16-5-7-17(28)8-6-16)21(19)14-22-20-13-18(29-4)9-10-23(20)27(3)24(15)22/h5-14H,1-4H3/p+1. The van der Waals surface area contributed by atoms with Gasteiger partial charge in [-0.2, -0.15) is 0 Å². The highest BCUT2D eigenvalue weighted by atomic mass is 16.5. The zero-order valence-electron chi connectivity index (χ0n) is 17.0. The van der Waals surface area contributed by atoms with Crippen LogP contribution in [-0.2, 0) is 14.1 Å². The molecule has 0 aliphatic rings. The molecule has 2 heterocycles. The number of benzene rings is 3. The number of methoxy groups -OCH3 is 1. The quantitative estimate of drug-likeness (QED) is 0.436. The van der Waals surface area contributed by atoms with E-state index in [0.29, 0.717) is 0 Å². The molecular formula is C25H23N2O2+. The van der Waals surface area contributed by atoms with Gasteiger partial charge in [-0.25, -0.2) is 4.57 Å². The molecule has 144 valence electrons. The molecule has 0 unspecified atom stereocenters. The van der Waals surface area contributed by atoms with Gasteiger partial charge in [0.15, 0.2) is 6.20 Å². The highest BCUT2D eigenvalue weighted by molar-refractivity contribution is 6.16. The lowest BCUT2D eigenvalue weighted by Crippen LogP contribution is -2.30. The topological polar surface area (TPSA) is 38.3 Å². The minimum Gasteiger partial charge on any atom is -0.508 e. The van der Waals surface area contributed by atoms with Crippen molar-refractivity contribution >= 4 is 32.6 Å². The summed E-state index contributed by atoms with van der Waals surface area (Å²) in [5.41, 5.74) is 5.90. The average molecular weight is 383 g/mol. The molecule has 29 heavy (non-hydrogen) atoms. The van der Waals surface area contributed by atoms with E-state index >= 15 is 0 Å². The van der Waals surface area contributed by atoms with Crippen molar-refractivity contribution in [3.63, 3.8) is 0 Å². The highest BCUT2D eigenvalue weighted by Crippen LogP contribution is 2.38. The first-order valence-electron chi connectivity index (χ1n) is 9.67. The van der Waals surface area contributed by atoms with Crippen LogP contribution in [0.3, 0.4) is 0 Å². The number of phenols is 1. The van der Waals surface area contributed by atoms with E-state index in [2.05, 4.69) is 60.6 Å². The van der Waals surface area contributed by atoms with Crippen LogP contribution in [-0.4, -0.2) is 16.8 Å². The number of hydrogen-bond acceptors (Lipinski definition) is 2. The molecule has 0 saturated carbocycles. The fraction of sp³-hybridized carbons (Fsp3) is 0.160. The highest BCUT2D eigenvalue weighted by Gasteiger charge is 2.20. The molecule has 0 radical (unpaired) electrons. The molecule has 0 atom stereocenters. The van der Waals surface area contributed by atoms with Crippen molar-refractivity contribution < 1.29 is 14.4 Å². The Kier molecular flexibility index (Phi) is 3.78. The van der Waals surface area contributed by atoms with E-state index in [1.54, 1.807) is 19.2 Å². The van der Waals surface area contributed by atoms with E-state index in [1.807, 2.05) is 18.2 Å². The first-order chi connectivity index (χ1) is 14.0. The normalized spacial score (nSPS) is 11.6. The van der Waals surface area contributed by atoms with E-state index in [1.165, 1.54) is 38.1 Å². The van der Waals surface area contributed by atoms with Gasteiger partial charge in [-0.05, 0) is 66.4 Å². The summed E-state index contributed by atoms with van der Waals surface area (Å²) in [5.74, 6) is 1.14. The molecule has 0 saturated heterocycles. The second kappa shape index (κ2) is 6.24. The van der Waals surface area contributed by atoms with E-state index < -0.39 is 0 Å². The monoisotopic (exact) mass is 383 g/mol. The predicted octanol–water partition coefficient (Wildman–Crippen LogP) is 5.00. The summed E-state index contributed by atoms with van der Waals surface area (Å²) in [6.45, 7) is 2.20. The number of rotatable bonds is 2. The Morgan fingerprint density at radius 2 is 1.66 bits per heavy atom. The van der Waals surface area contributed by atoms with Crippen LogP contribution in [0.15, 0.2) is 60.8 Å². The number of aromatic nitrogens is 2. The average Bonchev–Trinajstić information content (AvgIpc) is 3.00. The number of ether oxygens (including phenoxy) is 1. The third kappa shape index (κ3) is 2.49. The van der Waals surface area contributed by atoms with Gasteiger partial charge in [-0.15, -0.1) is 0 Å². The van der Waals surface area contributed by atoms with Crippen molar-refractivity contribution in [2.45, 2.75) is 6.92 Å². The SMILES string of the molecule is COc1ccc2c(c1)c1cc3c(-c4ccc(O)cc4)[n+](C)ccc3c(C)c1n2C. The molecule has 0 bridgehead atoms. The molecule has 0 spiro atoms. The fourth-order valence-corrected chi connectivity index (χ4v) is 4.57. The minimum absolute atomic E-state index is 0.274. The second-order valence-electron chi connectivity index (χ2n) is 7.62. The molecule has 4 heteroatoms. The molecule has 3 aromatic carbocycles. The third-order valence-electron chi connectivity index (χ3n) is 6.00. The molecule has 4 nitrogen and oxygen atoms in total. The van der Waals surface area contributed by atoms with Crippen molar-refractivity contribution in [1.29, 1.82) is 0 Å². The number of aryl methyl sites for hydroxylation is 3. The molecule has 0 fully saturated rings. The van der Waals surface area contributed by atoms with Crippen LogP contribution in [0.4, 0.5) is 0 Å². The molecule has 5 aromatic rings. The summed E-state index contributed by atoms with van der Waals surface area (Å²) in [5, 5.41) is 14.6. The lowest BCUT2D eigenvalue weighted by Gasteiger charge is -2.10. The Morgan fingerprint density at radius 1 is 0.897 bits per heavy atom. The second-order valence-corrected chi connectivity index (χ2v) is 7.62. The van der Waals surface area contributed by atoms with Crippen LogP contribution >= 0.6 is 0 Å². The van der Waals surface area contributed by atoms with E-state index in [4.69, 9.17) is 4.74 Å². The van der Waals surface area contributed by atoms with E-state index in [-0.39, 0.29) is 5.75 Å². The van der Waals surface area contributed by atoms with Gasteiger partial charge >= 0.3 is 0 Å². The predicted molar refractivity (Wildman–Crippen MR) is 117 cm³/mol. The third-order valence-corrected chi connectivity index (χ3v) is 6.00. The Bertz CT molecular complexity index is 1410. The van der Waals surface area contributed by atoms with Crippen LogP contribution < -0.4 is 9.30 Å². The summed E-state index contributed by atoms with van der Waals surface area (Å²) >= 11 is 0. The summed E-state index contributed by atoms with van der Waals surface area (Å²) in [7, 11) is 5.89. The van der Waals surface area contributed by atoms with Gasteiger partial charge in [-0.3, -0.25) is 0 Å². The van der Waals surface area contributed by atoms with E-state index in [0.717, 1.165) is 17.0 Å². The summed E-state index contributed by atoms with van der Waals surface area (Å²) < 4.78 is 9.90. The van der Waals surface area contributed by atoms with Crippen molar-refractivity contribution in [2.75, 3.05) is 7.11 Å². The smallest absolute Gasteiger partial charge is 0.220 e. The molecular weight excluding hydrogens is 360 g/mol. The van der Waals surface area contributed by atoms with Crippen LogP contribution in [0.1, 0.15) is 5.56 Å². The molecule has 1 N–H and O–H groups in total. The summed E-state index contributed by atoms with van der Waals surface area (Å²) in [4.78, 5) is 0. The zero-order valence-corrected chi connectivity index (χ0v) is 17.0. The Morgan fingerprint density at radius 3 is 2.38 bits per heavy atom. The lowest BCUT2D eigenvalue weighted by atomic mass is 9.97. The maximum Gasteiger partial charge on any atom is 0.220 e. The molecule has 5 rings (SSSR count). The number of aromatic hydroxyl groups is 1. The van der Waals surface area contributed by atoms with Crippen molar-refractivity contribution in [1.82, 2.24) is 4.57 Å².